The van der Waals surface area contributed by atoms with E-state index in [1.54, 1.807) is 19.2 Å². The zero-order chi connectivity index (χ0) is 24.6. The third kappa shape index (κ3) is 6.07. The van der Waals surface area contributed by atoms with Gasteiger partial charge in [0.25, 0.3) is 0 Å². The first-order valence-electron chi connectivity index (χ1n) is 11.5. The van der Waals surface area contributed by atoms with E-state index in [0.717, 1.165) is 18.4 Å². The number of carbonyl (C=O) groups excluding carboxylic acids is 1. The molecule has 182 valence electrons. The number of ether oxygens (including phenoxy) is 2. The van der Waals surface area contributed by atoms with E-state index in [1.807, 2.05) is 24.3 Å². The molecule has 8 nitrogen and oxygen atoms in total. The Bertz CT molecular complexity index is 1140. The maximum absolute atomic E-state index is 13.0. The smallest absolute Gasteiger partial charge is 0.244 e. The van der Waals surface area contributed by atoms with Crippen LogP contribution in [0.15, 0.2) is 47.4 Å². The molecule has 0 aromatic heterocycles. The van der Waals surface area contributed by atoms with Crippen LogP contribution in [0.1, 0.15) is 43.7 Å². The highest BCUT2D eigenvalue weighted by atomic mass is 32.2. The summed E-state index contributed by atoms with van der Waals surface area (Å²) >= 11 is 0. The van der Waals surface area contributed by atoms with E-state index < -0.39 is 10.0 Å². The number of nitrogens with one attached hydrogen (secondary N) is 1. The first-order chi connectivity index (χ1) is 16.4. The van der Waals surface area contributed by atoms with Crippen LogP contribution in [0, 0.1) is 17.2 Å². The second-order valence-electron chi connectivity index (χ2n) is 8.19. The van der Waals surface area contributed by atoms with Gasteiger partial charge in [0.1, 0.15) is 6.07 Å². The Morgan fingerprint density at radius 2 is 1.91 bits per heavy atom. The minimum atomic E-state index is -3.78. The molecule has 0 bridgehead atoms. The molecule has 0 saturated carbocycles. The SMILES string of the molecule is CCCCOc1ccc(CNC(=O)C2CCN(S(=O)(=O)c3ccccc3C#N)CC2)cc1OC. The quantitative estimate of drug-likeness (QED) is 0.516. The Labute approximate surface area is 201 Å². The van der Waals surface area contributed by atoms with Crippen LogP contribution in [-0.4, -0.2) is 45.4 Å². The fraction of sp³-hybridized carbons (Fsp3) is 0.440. The number of hydrogen-bond acceptors (Lipinski definition) is 6. The van der Waals surface area contributed by atoms with Gasteiger partial charge < -0.3 is 14.8 Å². The number of benzene rings is 2. The molecule has 34 heavy (non-hydrogen) atoms. The number of piperidine rings is 1. The number of methoxy groups -OCH3 is 1. The molecule has 1 N–H and O–H groups in total. The van der Waals surface area contributed by atoms with Gasteiger partial charge in [0.05, 0.1) is 24.2 Å². The first kappa shape index (κ1) is 25.5. The first-order valence-corrected chi connectivity index (χ1v) is 12.9. The average molecular weight is 486 g/mol. The Morgan fingerprint density at radius 3 is 2.59 bits per heavy atom. The summed E-state index contributed by atoms with van der Waals surface area (Å²) in [7, 11) is -2.19. The Balaban J connectivity index is 1.55. The zero-order valence-electron chi connectivity index (χ0n) is 19.6. The van der Waals surface area contributed by atoms with Crippen molar-refractivity contribution in [3.8, 4) is 17.6 Å². The number of nitrogens with zero attached hydrogens (tertiary/aromatic N) is 2. The molecule has 1 aliphatic rings. The molecule has 1 saturated heterocycles. The molecule has 1 amide bonds. The van der Waals surface area contributed by atoms with Crippen LogP contribution in [0.2, 0.25) is 0 Å². The van der Waals surface area contributed by atoms with Gasteiger partial charge in [0.15, 0.2) is 11.5 Å². The average Bonchev–Trinajstić information content (AvgIpc) is 2.87. The van der Waals surface area contributed by atoms with Crippen molar-refractivity contribution >= 4 is 15.9 Å². The van der Waals surface area contributed by atoms with Gasteiger partial charge >= 0.3 is 0 Å². The summed E-state index contributed by atoms with van der Waals surface area (Å²) in [6, 6.07) is 13.7. The van der Waals surface area contributed by atoms with Gasteiger partial charge in [-0.15, -0.1) is 0 Å². The van der Waals surface area contributed by atoms with Crippen molar-refractivity contribution in [2.75, 3.05) is 26.8 Å². The Kier molecular flexibility index (Phi) is 8.91. The molecule has 0 spiro atoms. The third-order valence-corrected chi connectivity index (χ3v) is 7.86. The van der Waals surface area contributed by atoms with Crippen molar-refractivity contribution in [2.45, 2.75) is 44.0 Å². The Hall–Kier alpha value is -3.09. The molecule has 0 aliphatic carbocycles. The van der Waals surface area contributed by atoms with E-state index >= 15 is 0 Å². The predicted molar refractivity (Wildman–Crippen MR) is 128 cm³/mol. The van der Waals surface area contributed by atoms with Gasteiger partial charge in [-0.05, 0) is 49.1 Å². The lowest BCUT2D eigenvalue weighted by atomic mass is 9.97. The van der Waals surface area contributed by atoms with Crippen LogP contribution in [0.3, 0.4) is 0 Å². The molecule has 1 fully saturated rings. The van der Waals surface area contributed by atoms with Crippen molar-refractivity contribution in [3.63, 3.8) is 0 Å². The van der Waals surface area contributed by atoms with Gasteiger partial charge in [-0.3, -0.25) is 4.79 Å². The molecule has 0 radical (unpaired) electrons. The molecule has 2 aromatic carbocycles. The fourth-order valence-corrected chi connectivity index (χ4v) is 5.49. The maximum atomic E-state index is 13.0. The van der Waals surface area contributed by atoms with E-state index in [9.17, 15) is 18.5 Å². The summed E-state index contributed by atoms with van der Waals surface area (Å²) in [5.74, 6) is 0.935. The third-order valence-electron chi connectivity index (χ3n) is 5.90. The summed E-state index contributed by atoms with van der Waals surface area (Å²) in [4.78, 5) is 12.7. The standard InChI is InChI=1S/C25H31N3O5S/c1-3-4-15-33-22-10-9-19(16-23(22)32-2)18-27-25(29)20-11-13-28(14-12-20)34(30,31)24-8-6-5-7-21(24)17-26/h5-10,16,20H,3-4,11-15,18H2,1-2H3,(H,27,29). The molecule has 1 heterocycles. The van der Waals surface area contributed by atoms with Crippen molar-refractivity contribution < 1.29 is 22.7 Å². The number of unbranched alkanes of at least 4 members (excludes halogenated alkanes) is 1. The number of amides is 1. The number of carbonyl (C=O) groups is 1. The lowest BCUT2D eigenvalue weighted by Crippen LogP contribution is -2.43. The zero-order valence-corrected chi connectivity index (χ0v) is 20.4. The lowest BCUT2D eigenvalue weighted by molar-refractivity contribution is -0.126. The van der Waals surface area contributed by atoms with Crippen molar-refractivity contribution in [2.24, 2.45) is 5.92 Å². The van der Waals surface area contributed by atoms with Crippen molar-refractivity contribution in [3.05, 3.63) is 53.6 Å². The molecule has 1 aliphatic heterocycles. The highest BCUT2D eigenvalue weighted by molar-refractivity contribution is 7.89. The number of nitriles is 1. The summed E-state index contributed by atoms with van der Waals surface area (Å²) in [5, 5.41) is 12.2. The van der Waals surface area contributed by atoms with Crippen LogP contribution in [0.5, 0.6) is 11.5 Å². The normalized spacial score (nSPS) is 14.9. The van der Waals surface area contributed by atoms with Crippen LogP contribution >= 0.6 is 0 Å². The molecular weight excluding hydrogens is 454 g/mol. The monoisotopic (exact) mass is 485 g/mol. The highest BCUT2D eigenvalue weighted by Gasteiger charge is 2.33. The minimum absolute atomic E-state index is 0.0106. The number of hydrogen-bond donors (Lipinski definition) is 1. The summed E-state index contributed by atoms with van der Waals surface area (Å²) < 4.78 is 38.5. The van der Waals surface area contributed by atoms with E-state index in [2.05, 4.69) is 12.2 Å². The van der Waals surface area contributed by atoms with Gasteiger partial charge in [0, 0.05) is 25.6 Å². The molecule has 0 atom stereocenters. The van der Waals surface area contributed by atoms with Crippen LogP contribution in [0.25, 0.3) is 0 Å². The largest absolute Gasteiger partial charge is 0.493 e. The number of rotatable bonds is 10. The Morgan fingerprint density at radius 1 is 1.18 bits per heavy atom. The highest BCUT2D eigenvalue weighted by Crippen LogP contribution is 2.29. The molecule has 3 rings (SSSR count). The molecule has 0 unspecified atom stereocenters. The second-order valence-corrected chi connectivity index (χ2v) is 10.1. The van der Waals surface area contributed by atoms with Crippen molar-refractivity contribution in [1.29, 1.82) is 5.26 Å². The molecule has 9 heteroatoms. The van der Waals surface area contributed by atoms with Crippen molar-refractivity contribution in [1.82, 2.24) is 9.62 Å². The predicted octanol–water partition coefficient (Wildman–Crippen LogP) is 3.46. The second kappa shape index (κ2) is 11.9. The topological polar surface area (TPSA) is 109 Å². The van der Waals surface area contributed by atoms with E-state index in [4.69, 9.17) is 9.47 Å². The van der Waals surface area contributed by atoms with E-state index in [-0.39, 0.29) is 35.4 Å². The number of sulfonamides is 1. The fourth-order valence-electron chi connectivity index (χ4n) is 3.88. The van der Waals surface area contributed by atoms with Gasteiger partial charge in [0.2, 0.25) is 15.9 Å². The van der Waals surface area contributed by atoms with Gasteiger partial charge in [-0.1, -0.05) is 31.5 Å². The summed E-state index contributed by atoms with van der Waals surface area (Å²) in [6.45, 7) is 3.54. The molecular formula is C25H31N3O5S. The van der Waals surface area contributed by atoms with Crippen LogP contribution in [0.4, 0.5) is 0 Å². The summed E-state index contributed by atoms with van der Waals surface area (Å²) in [5.41, 5.74) is 1.01. The van der Waals surface area contributed by atoms with Crippen LogP contribution in [-0.2, 0) is 21.4 Å². The summed E-state index contributed by atoms with van der Waals surface area (Å²) in [6.07, 6.45) is 2.86. The van der Waals surface area contributed by atoms with E-state index in [0.29, 0.717) is 37.5 Å². The van der Waals surface area contributed by atoms with E-state index in [1.165, 1.54) is 16.4 Å². The van der Waals surface area contributed by atoms with Crippen LogP contribution < -0.4 is 14.8 Å². The van der Waals surface area contributed by atoms with Gasteiger partial charge in [-0.2, -0.15) is 9.57 Å². The maximum Gasteiger partial charge on any atom is 0.244 e. The molecule has 2 aromatic rings. The minimum Gasteiger partial charge on any atom is -0.493 e. The van der Waals surface area contributed by atoms with Gasteiger partial charge in [-0.25, -0.2) is 8.42 Å². The lowest BCUT2D eigenvalue weighted by Gasteiger charge is -2.30.